The zero-order valence-electron chi connectivity index (χ0n) is 16.1. The zero-order valence-corrected chi connectivity index (χ0v) is 16.1. The predicted octanol–water partition coefficient (Wildman–Crippen LogP) is 1.17. The minimum absolute atomic E-state index is 0.180. The Bertz CT molecular complexity index is 693. The summed E-state index contributed by atoms with van der Waals surface area (Å²) in [4.78, 5) is 13.3. The Labute approximate surface area is 163 Å². The average molecular weight is 394 g/mol. The third kappa shape index (κ3) is 3.73. The molecule has 0 aromatic heterocycles. The lowest BCUT2D eigenvalue weighted by atomic mass is 9.85. The number of aliphatic hydroxyl groups excluding tert-OH is 1. The van der Waals surface area contributed by atoms with Gasteiger partial charge in [0.2, 0.25) is 0 Å². The quantitative estimate of drug-likeness (QED) is 0.814. The molecular weight excluding hydrogens is 368 g/mol. The summed E-state index contributed by atoms with van der Waals surface area (Å²) in [5.41, 5.74) is 0.814. The van der Waals surface area contributed by atoms with Gasteiger partial charge in [0.15, 0.2) is 24.2 Å². The molecule has 0 radical (unpaired) electrons. The lowest BCUT2D eigenvalue weighted by molar-refractivity contribution is -0.315. The Morgan fingerprint density at radius 2 is 1.93 bits per heavy atom. The maximum atomic E-state index is 13.3. The van der Waals surface area contributed by atoms with E-state index in [0.29, 0.717) is 0 Å². The molecule has 3 aliphatic rings. The standard InChI is InChI=1S/C20H26O8/c1-20(2)25-10-12(28-20)15(21)14-16(22)17-13(26-19(14)23-3)9-24-18(27-17)11-7-5-4-6-8-11/h4-8,12-15,17-19,21H,9-10H2,1-3H3/t12-,13-,14+,15-,17-,18-,19+/m1/s1. The van der Waals surface area contributed by atoms with Gasteiger partial charge < -0.3 is 33.5 Å². The average Bonchev–Trinajstić information content (AvgIpc) is 3.07. The van der Waals surface area contributed by atoms with Crippen LogP contribution in [0.25, 0.3) is 0 Å². The first kappa shape index (κ1) is 19.9. The van der Waals surface area contributed by atoms with Gasteiger partial charge in [-0.05, 0) is 13.8 Å². The van der Waals surface area contributed by atoms with E-state index in [1.807, 2.05) is 30.3 Å². The number of Topliss-reactive ketones (excluding diaryl/α,β-unsaturated/α-hetero) is 1. The molecule has 0 bridgehead atoms. The van der Waals surface area contributed by atoms with Crippen molar-refractivity contribution in [1.29, 1.82) is 0 Å². The Balaban J connectivity index is 1.52. The fourth-order valence-corrected chi connectivity index (χ4v) is 3.90. The molecule has 0 amide bonds. The second-order valence-electron chi connectivity index (χ2n) is 7.70. The van der Waals surface area contributed by atoms with Crippen LogP contribution in [0.15, 0.2) is 30.3 Å². The van der Waals surface area contributed by atoms with Crippen molar-refractivity contribution >= 4 is 5.78 Å². The van der Waals surface area contributed by atoms with E-state index in [-0.39, 0.29) is 19.0 Å². The van der Waals surface area contributed by atoms with Gasteiger partial charge in [-0.1, -0.05) is 30.3 Å². The molecule has 0 spiro atoms. The molecule has 0 unspecified atom stereocenters. The summed E-state index contributed by atoms with van der Waals surface area (Å²) in [5.74, 6) is -2.06. The smallest absolute Gasteiger partial charge is 0.184 e. The van der Waals surface area contributed by atoms with E-state index in [0.717, 1.165) is 5.56 Å². The number of carbonyl (C=O) groups is 1. The third-order valence-corrected chi connectivity index (χ3v) is 5.31. The molecule has 8 nitrogen and oxygen atoms in total. The maximum Gasteiger partial charge on any atom is 0.184 e. The van der Waals surface area contributed by atoms with Crippen molar-refractivity contribution in [2.45, 2.75) is 56.6 Å². The van der Waals surface area contributed by atoms with E-state index in [1.165, 1.54) is 7.11 Å². The van der Waals surface area contributed by atoms with Gasteiger partial charge in [-0.25, -0.2) is 0 Å². The van der Waals surface area contributed by atoms with E-state index in [9.17, 15) is 9.90 Å². The highest BCUT2D eigenvalue weighted by Gasteiger charge is 2.54. The molecule has 28 heavy (non-hydrogen) atoms. The fourth-order valence-electron chi connectivity index (χ4n) is 3.90. The molecule has 3 aliphatic heterocycles. The molecule has 1 aromatic carbocycles. The van der Waals surface area contributed by atoms with E-state index < -0.39 is 48.7 Å². The Kier molecular flexibility index (Phi) is 5.54. The van der Waals surface area contributed by atoms with E-state index in [1.54, 1.807) is 13.8 Å². The lowest BCUT2D eigenvalue weighted by Crippen LogP contribution is -2.61. The van der Waals surface area contributed by atoms with Crippen molar-refractivity contribution in [3.8, 4) is 0 Å². The number of carbonyl (C=O) groups excluding carboxylic acids is 1. The zero-order chi connectivity index (χ0) is 19.9. The summed E-state index contributed by atoms with van der Waals surface area (Å²) in [5, 5.41) is 10.9. The van der Waals surface area contributed by atoms with Crippen molar-refractivity contribution in [3.63, 3.8) is 0 Å². The molecule has 1 aromatic rings. The van der Waals surface area contributed by atoms with Gasteiger partial charge in [-0.3, -0.25) is 4.79 Å². The van der Waals surface area contributed by atoms with Gasteiger partial charge in [0, 0.05) is 12.7 Å². The highest BCUT2D eigenvalue weighted by atomic mass is 16.8. The van der Waals surface area contributed by atoms with Crippen LogP contribution in [0.4, 0.5) is 0 Å². The number of ether oxygens (including phenoxy) is 6. The molecule has 8 heteroatoms. The first-order valence-corrected chi connectivity index (χ1v) is 9.43. The summed E-state index contributed by atoms with van der Waals surface area (Å²) in [6.07, 6.45) is -4.86. The monoisotopic (exact) mass is 394 g/mol. The molecule has 7 atom stereocenters. The molecule has 1 N–H and O–H groups in total. The van der Waals surface area contributed by atoms with Gasteiger partial charge in [-0.2, -0.15) is 0 Å². The van der Waals surface area contributed by atoms with Crippen LogP contribution in [-0.2, 0) is 33.2 Å². The molecule has 3 saturated heterocycles. The second kappa shape index (κ2) is 7.79. The summed E-state index contributed by atoms with van der Waals surface area (Å²) < 4.78 is 34.2. The van der Waals surface area contributed by atoms with Gasteiger partial charge in [0.1, 0.15) is 24.2 Å². The summed E-state index contributed by atoms with van der Waals surface area (Å²) in [6, 6.07) is 9.38. The van der Waals surface area contributed by atoms with Gasteiger partial charge in [0.05, 0.1) is 19.3 Å². The van der Waals surface area contributed by atoms with Gasteiger partial charge in [-0.15, -0.1) is 0 Å². The molecular formula is C20H26O8. The van der Waals surface area contributed by atoms with Crippen LogP contribution in [-0.4, -0.2) is 67.7 Å². The number of methoxy groups -OCH3 is 1. The molecule has 3 fully saturated rings. The Morgan fingerprint density at radius 1 is 1.18 bits per heavy atom. The molecule has 0 aliphatic carbocycles. The van der Waals surface area contributed by atoms with Crippen LogP contribution in [0, 0.1) is 5.92 Å². The second-order valence-corrected chi connectivity index (χ2v) is 7.70. The predicted molar refractivity (Wildman–Crippen MR) is 95.1 cm³/mol. The molecule has 0 saturated carbocycles. The first-order chi connectivity index (χ1) is 13.4. The van der Waals surface area contributed by atoms with Crippen molar-refractivity contribution in [3.05, 3.63) is 35.9 Å². The molecule has 3 heterocycles. The minimum Gasteiger partial charge on any atom is -0.389 e. The van der Waals surface area contributed by atoms with Crippen molar-refractivity contribution in [2.24, 2.45) is 5.92 Å². The van der Waals surface area contributed by atoms with Gasteiger partial charge in [0.25, 0.3) is 0 Å². The number of hydrogen-bond acceptors (Lipinski definition) is 8. The number of fused-ring (bicyclic) bond motifs is 1. The van der Waals surface area contributed by atoms with Crippen LogP contribution in [0.5, 0.6) is 0 Å². The lowest BCUT2D eigenvalue weighted by Gasteiger charge is -2.45. The van der Waals surface area contributed by atoms with E-state index in [4.69, 9.17) is 28.4 Å². The fraction of sp³-hybridized carbons (Fsp3) is 0.650. The summed E-state index contributed by atoms with van der Waals surface area (Å²) >= 11 is 0. The van der Waals surface area contributed by atoms with Crippen molar-refractivity contribution in [2.75, 3.05) is 20.3 Å². The summed E-state index contributed by atoms with van der Waals surface area (Å²) in [6.45, 7) is 3.89. The minimum atomic E-state index is -1.15. The largest absolute Gasteiger partial charge is 0.389 e. The normalized spacial score (nSPS) is 38.8. The number of hydrogen-bond donors (Lipinski definition) is 1. The SMILES string of the molecule is CO[C@H]1O[C@@H]2CO[C@@H](c3ccccc3)O[C@H]2C(=O)[C@@H]1[C@H](O)[C@H]1COC(C)(C)O1. The highest BCUT2D eigenvalue weighted by Crippen LogP contribution is 2.37. The van der Waals surface area contributed by atoms with Crippen LogP contribution in [0.3, 0.4) is 0 Å². The van der Waals surface area contributed by atoms with Crippen LogP contribution in [0.2, 0.25) is 0 Å². The Hall–Kier alpha value is -1.39. The van der Waals surface area contributed by atoms with Crippen LogP contribution < -0.4 is 0 Å². The molecule has 154 valence electrons. The molecule has 4 rings (SSSR count). The van der Waals surface area contributed by atoms with Crippen molar-refractivity contribution < 1.29 is 38.3 Å². The van der Waals surface area contributed by atoms with E-state index in [2.05, 4.69) is 0 Å². The van der Waals surface area contributed by atoms with Gasteiger partial charge >= 0.3 is 0 Å². The third-order valence-electron chi connectivity index (χ3n) is 5.31. The number of benzene rings is 1. The Morgan fingerprint density at radius 3 is 2.57 bits per heavy atom. The maximum absolute atomic E-state index is 13.3. The summed E-state index contributed by atoms with van der Waals surface area (Å²) in [7, 11) is 1.44. The van der Waals surface area contributed by atoms with E-state index >= 15 is 0 Å². The topological polar surface area (TPSA) is 92.7 Å². The van der Waals surface area contributed by atoms with Crippen molar-refractivity contribution in [1.82, 2.24) is 0 Å². The number of rotatable bonds is 4. The number of ketones is 1. The number of aliphatic hydroxyl groups is 1. The van der Waals surface area contributed by atoms with Crippen LogP contribution in [0.1, 0.15) is 25.7 Å². The van der Waals surface area contributed by atoms with Crippen LogP contribution >= 0.6 is 0 Å². The first-order valence-electron chi connectivity index (χ1n) is 9.43. The highest BCUT2D eigenvalue weighted by molar-refractivity contribution is 5.88.